The summed E-state index contributed by atoms with van der Waals surface area (Å²) in [4.78, 5) is 45.2. The number of nitrogen functional groups attached to an aromatic ring is 1. The first-order chi connectivity index (χ1) is 14.1. The second-order valence-electron chi connectivity index (χ2n) is 7.20. The number of carboxylic acid groups (broad SMARTS) is 1. The number of likely N-dealkylation sites (N-methyl/N-ethyl adjacent to an activating group) is 1. The number of ether oxygens (including phenoxy) is 2. The predicted molar refractivity (Wildman–Crippen MR) is 108 cm³/mol. The molecule has 0 bridgehead atoms. The first-order valence-electron chi connectivity index (χ1n) is 9.65. The number of aryl methyl sites for hydroxylation is 1. The largest absolute Gasteiger partial charge is 0.481 e. The maximum atomic E-state index is 12.1. The van der Waals surface area contributed by atoms with Crippen LogP contribution in [0.3, 0.4) is 0 Å². The lowest BCUT2D eigenvalue weighted by molar-refractivity contribution is -0.140. The lowest BCUT2D eigenvalue weighted by Gasteiger charge is -2.25. The van der Waals surface area contributed by atoms with Crippen LogP contribution >= 0.6 is 0 Å². The molecule has 0 radical (unpaired) electrons. The number of anilines is 2. The van der Waals surface area contributed by atoms with Gasteiger partial charge in [0.15, 0.2) is 0 Å². The van der Waals surface area contributed by atoms with E-state index in [0.717, 1.165) is 18.2 Å². The Morgan fingerprint density at radius 1 is 1.33 bits per heavy atom. The minimum Gasteiger partial charge on any atom is -0.481 e. The smallest absolute Gasteiger partial charge is 0.305 e. The van der Waals surface area contributed by atoms with Gasteiger partial charge in [0.2, 0.25) is 11.9 Å². The molecule has 1 amide bonds. The van der Waals surface area contributed by atoms with E-state index >= 15 is 0 Å². The summed E-state index contributed by atoms with van der Waals surface area (Å²) in [6, 6.07) is -0.0325. The van der Waals surface area contributed by atoms with E-state index in [0.29, 0.717) is 38.4 Å². The van der Waals surface area contributed by atoms with Crippen LogP contribution in [-0.2, 0) is 30.3 Å². The molecule has 2 saturated heterocycles. The fourth-order valence-corrected chi connectivity index (χ4v) is 3.61. The normalized spacial score (nSPS) is 20.7. The number of carbonyl (C=O) groups excluding carboxylic acids is 2. The molecule has 30 heavy (non-hydrogen) atoms. The number of esters is 1. The van der Waals surface area contributed by atoms with Crippen molar-refractivity contribution in [2.45, 2.75) is 45.3 Å². The van der Waals surface area contributed by atoms with E-state index in [1.54, 1.807) is 4.90 Å². The van der Waals surface area contributed by atoms with Gasteiger partial charge in [0.25, 0.3) is 5.97 Å². The second-order valence-corrected chi connectivity index (χ2v) is 7.20. The van der Waals surface area contributed by atoms with Crippen LogP contribution in [0.1, 0.15) is 31.0 Å². The Morgan fingerprint density at radius 3 is 2.63 bits per heavy atom. The zero-order chi connectivity index (χ0) is 22.4. The van der Waals surface area contributed by atoms with Gasteiger partial charge in [-0.05, 0) is 13.3 Å². The Bertz CT molecular complexity index is 798. The van der Waals surface area contributed by atoms with Crippen LogP contribution in [-0.4, -0.2) is 83.8 Å². The van der Waals surface area contributed by atoms with Crippen molar-refractivity contribution < 1.29 is 29.0 Å². The minimum absolute atomic E-state index is 0.0325. The van der Waals surface area contributed by atoms with E-state index in [9.17, 15) is 9.59 Å². The van der Waals surface area contributed by atoms with Crippen molar-refractivity contribution >= 4 is 29.6 Å². The molecule has 3 N–H and O–H groups in total. The third-order valence-corrected chi connectivity index (χ3v) is 5.09. The maximum Gasteiger partial charge on any atom is 0.305 e. The molecule has 0 spiro atoms. The van der Waals surface area contributed by atoms with Crippen molar-refractivity contribution in [2.75, 3.05) is 44.5 Å². The molecular formula is C19H29N5O6. The van der Waals surface area contributed by atoms with Crippen molar-refractivity contribution in [3.05, 3.63) is 11.3 Å². The molecule has 2 aliphatic heterocycles. The highest BCUT2D eigenvalue weighted by molar-refractivity contribution is 5.77. The molecule has 166 valence electrons. The van der Waals surface area contributed by atoms with Crippen molar-refractivity contribution in [1.82, 2.24) is 14.9 Å². The molecule has 0 aromatic carbocycles. The fourth-order valence-electron chi connectivity index (χ4n) is 3.61. The number of hydrogen-bond acceptors (Lipinski definition) is 9. The highest BCUT2D eigenvalue weighted by atomic mass is 16.5. The zero-order valence-electron chi connectivity index (χ0n) is 17.8. The van der Waals surface area contributed by atoms with E-state index < -0.39 is 5.97 Å². The van der Waals surface area contributed by atoms with E-state index in [-0.39, 0.29) is 36.4 Å². The van der Waals surface area contributed by atoms with E-state index in [4.69, 9.17) is 25.1 Å². The van der Waals surface area contributed by atoms with Gasteiger partial charge in [-0.1, -0.05) is 0 Å². The van der Waals surface area contributed by atoms with Crippen LogP contribution in [0.2, 0.25) is 0 Å². The standard InChI is InChI=1S/C17H25N5O4.C2H4O2/c1-10-11(4-5-15(24)25-3)16(20-17(18)19-10)22-8-12-13(9-22)26-7-6-14(23)21(12)2;1-2(3)4/h12-13H,4-9H2,1-3H3,(H2,18,19,20);1H3,(H,3,4)/t12-,13-;/m0./s1. The highest BCUT2D eigenvalue weighted by Gasteiger charge is 2.41. The van der Waals surface area contributed by atoms with Gasteiger partial charge in [0, 0.05) is 44.7 Å². The van der Waals surface area contributed by atoms with Crippen LogP contribution < -0.4 is 10.6 Å². The molecule has 0 unspecified atom stereocenters. The molecule has 1 aromatic heterocycles. The molecule has 11 heteroatoms. The molecule has 2 fully saturated rings. The Kier molecular flexibility index (Phi) is 7.93. The van der Waals surface area contributed by atoms with Crippen LogP contribution in [0.25, 0.3) is 0 Å². The van der Waals surface area contributed by atoms with Gasteiger partial charge in [0.1, 0.15) is 5.82 Å². The monoisotopic (exact) mass is 423 g/mol. The SMILES string of the molecule is CC(=O)O.COC(=O)CCc1c(C)nc(N)nc1N1C[C@@H]2OCCC(=O)N(C)[C@H]2C1. The Morgan fingerprint density at radius 2 is 2.00 bits per heavy atom. The van der Waals surface area contributed by atoms with Crippen LogP contribution in [0.4, 0.5) is 11.8 Å². The van der Waals surface area contributed by atoms with Gasteiger partial charge in [-0.25, -0.2) is 4.98 Å². The number of rotatable bonds is 4. The topological polar surface area (TPSA) is 148 Å². The van der Waals surface area contributed by atoms with Gasteiger partial charge >= 0.3 is 5.97 Å². The number of aromatic nitrogens is 2. The first-order valence-corrected chi connectivity index (χ1v) is 9.65. The predicted octanol–water partition coefficient (Wildman–Crippen LogP) is -0.000380. The average molecular weight is 423 g/mol. The second kappa shape index (κ2) is 10.2. The fraction of sp³-hybridized carbons (Fsp3) is 0.632. The quantitative estimate of drug-likeness (QED) is 0.634. The van der Waals surface area contributed by atoms with Crippen LogP contribution in [0.15, 0.2) is 0 Å². The first kappa shape index (κ1) is 23.3. The van der Waals surface area contributed by atoms with Crippen molar-refractivity contribution in [1.29, 1.82) is 0 Å². The number of methoxy groups -OCH3 is 1. The third kappa shape index (κ3) is 5.78. The molecule has 3 heterocycles. The number of aliphatic carboxylic acids is 1. The van der Waals surface area contributed by atoms with Crippen LogP contribution in [0, 0.1) is 6.92 Å². The number of fused-ring (bicyclic) bond motifs is 1. The summed E-state index contributed by atoms with van der Waals surface area (Å²) in [5.41, 5.74) is 7.48. The number of hydrogen-bond donors (Lipinski definition) is 2. The molecule has 0 saturated carbocycles. The number of carboxylic acids is 1. The van der Waals surface area contributed by atoms with Crippen molar-refractivity contribution in [3.8, 4) is 0 Å². The summed E-state index contributed by atoms with van der Waals surface area (Å²) < 4.78 is 10.6. The van der Waals surface area contributed by atoms with Crippen molar-refractivity contribution in [3.63, 3.8) is 0 Å². The number of nitrogens with two attached hydrogens (primary N) is 1. The zero-order valence-corrected chi connectivity index (χ0v) is 17.8. The maximum absolute atomic E-state index is 12.1. The summed E-state index contributed by atoms with van der Waals surface area (Å²) in [6.07, 6.45) is 1.05. The molecule has 11 nitrogen and oxygen atoms in total. The lowest BCUT2D eigenvalue weighted by Crippen LogP contribution is -2.42. The number of amides is 1. The van der Waals surface area contributed by atoms with E-state index in [2.05, 4.69) is 14.9 Å². The van der Waals surface area contributed by atoms with Crippen LogP contribution in [0.5, 0.6) is 0 Å². The summed E-state index contributed by atoms with van der Waals surface area (Å²) >= 11 is 0. The minimum atomic E-state index is -0.833. The molecule has 2 aliphatic rings. The Balaban J connectivity index is 0.000000735. The summed E-state index contributed by atoms with van der Waals surface area (Å²) in [5.74, 6) is -0.135. The van der Waals surface area contributed by atoms with Gasteiger partial charge < -0.3 is 30.1 Å². The summed E-state index contributed by atoms with van der Waals surface area (Å²) in [5, 5.41) is 7.42. The Hall–Kier alpha value is -2.95. The molecular weight excluding hydrogens is 394 g/mol. The summed E-state index contributed by atoms with van der Waals surface area (Å²) in [6.45, 7) is 4.59. The molecule has 0 aliphatic carbocycles. The van der Waals surface area contributed by atoms with Gasteiger partial charge in [-0.2, -0.15) is 4.98 Å². The molecule has 1 aromatic rings. The highest BCUT2D eigenvalue weighted by Crippen LogP contribution is 2.30. The average Bonchev–Trinajstić information content (AvgIpc) is 3.04. The van der Waals surface area contributed by atoms with E-state index in [1.165, 1.54) is 7.11 Å². The molecule has 2 atom stereocenters. The lowest BCUT2D eigenvalue weighted by atomic mass is 10.1. The number of carbonyl (C=O) groups is 3. The third-order valence-electron chi connectivity index (χ3n) is 5.09. The summed E-state index contributed by atoms with van der Waals surface area (Å²) in [7, 11) is 3.18. The Labute approximate surface area is 175 Å². The van der Waals surface area contributed by atoms with E-state index in [1.807, 2.05) is 14.0 Å². The van der Waals surface area contributed by atoms with Gasteiger partial charge in [-0.15, -0.1) is 0 Å². The number of nitrogens with zero attached hydrogens (tertiary/aromatic N) is 4. The van der Waals surface area contributed by atoms with Gasteiger partial charge in [0.05, 0.1) is 32.3 Å². The molecule has 3 rings (SSSR count). The van der Waals surface area contributed by atoms with Crippen molar-refractivity contribution in [2.24, 2.45) is 0 Å². The van der Waals surface area contributed by atoms with Gasteiger partial charge in [-0.3, -0.25) is 14.4 Å².